The highest BCUT2D eigenvalue weighted by atomic mass is 35.5. The molecule has 1 aromatic carbocycles. The predicted molar refractivity (Wildman–Crippen MR) is 83.2 cm³/mol. The Bertz CT molecular complexity index is 569. The number of carbonyl (C=O) groups excluding carboxylic acids is 1. The molecule has 1 heterocycles. The lowest BCUT2D eigenvalue weighted by Gasteiger charge is -2.39. The van der Waals surface area contributed by atoms with Gasteiger partial charge in [-0.1, -0.05) is 11.6 Å². The molecule has 0 N–H and O–H groups in total. The predicted octanol–water partition coefficient (Wildman–Crippen LogP) is 3.42. The van der Waals surface area contributed by atoms with E-state index in [9.17, 15) is 14.9 Å². The molecule has 0 spiro atoms. The van der Waals surface area contributed by atoms with Crippen molar-refractivity contribution >= 4 is 23.2 Å². The molecular formula is C15H19ClN2O4. The van der Waals surface area contributed by atoms with Gasteiger partial charge in [-0.25, -0.2) is 0 Å². The summed E-state index contributed by atoms with van der Waals surface area (Å²) in [6.07, 6.45) is 3.11. The van der Waals surface area contributed by atoms with E-state index >= 15 is 0 Å². The Balaban J connectivity index is 2.00. The van der Waals surface area contributed by atoms with Crippen LogP contribution in [0.3, 0.4) is 0 Å². The van der Waals surface area contributed by atoms with Gasteiger partial charge in [-0.05, 0) is 39.2 Å². The molecule has 0 radical (unpaired) electrons. The molecule has 1 fully saturated rings. The molecule has 6 nitrogen and oxygen atoms in total. The van der Waals surface area contributed by atoms with Gasteiger partial charge in [0, 0.05) is 24.2 Å². The maximum atomic E-state index is 12.3. The number of hydrogen-bond acceptors (Lipinski definition) is 4. The summed E-state index contributed by atoms with van der Waals surface area (Å²) < 4.78 is 5.44. The van der Waals surface area contributed by atoms with Crippen LogP contribution in [0, 0.1) is 10.1 Å². The molecule has 1 aliphatic rings. The van der Waals surface area contributed by atoms with Crippen molar-refractivity contribution < 1.29 is 14.5 Å². The number of likely N-dealkylation sites (tertiary alicyclic amines) is 1. The van der Waals surface area contributed by atoms with Gasteiger partial charge in [-0.2, -0.15) is 0 Å². The minimum Gasteiger partial charge on any atom is -0.482 e. The number of hydrogen-bond donors (Lipinski definition) is 0. The number of nitro groups is 1. The van der Waals surface area contributed by atoms with Gasteiger partial charge >= 0.3 is 0 Å². The molecule has 120 valence electrons. The van der Waals surface area contributed by atoms with E-state index < -0.39 is 4.92 Å². The Labute approximate surface area is 134 Å². The number of ether oxygens (including phenoxy) is 1. The van der Waals surface area contributed by atoms with Crippen molar-refractivity contribution in [2.45, 2.75) is 45.2 Å². The van der Waals surface area contributed by atoms with Gasteiger partial charge in [-0.3, -0.25) is 14.9 Å². The first-order valence-corrected chi connectivity index (χ1v) is 7.66. The second kappa shape index (κ2) is 6.96. The minimum atomic E-state index is -0.530. The van der Waals surface area contributed by atoms with Crippen LogP contribution >= 0.6 is 11.6 Å². The van der Waals surface area contributed by atoms with Gasteiger partial charge in [0.1, 0.15) is 5.75 Å². The van der Waals surface area contributed by atoms with Gasteiger partial charge in [0.15, 0.2) is 6.61 Å². The summed E-state index contributed by atoms with van der Waals surface area (Å²) in [4.78, 5) is 24.3. The van der Waals surface area contributed by atoms with Crippen LogP contribution in [0.2, 0.25) is 5.02 Å². The second-order valence-electron chi connectivity index (χ2n) is 5.59. The molecule has 7 heteroatoms. The lowest BCUT2D eigenvalue weighted by atomic mass is 9.97. The van der Waals surface area contributed by atoms with Crippen molar-refractivity contribution in [2.75, 3.05) is 6.61 Å². The molecule has 0 bridgehead atoms. The smallest absolute Gasteiger partial charge is 0.271 e. The van der Waals surface area contributed by atoms with Crippen molar-refractivity contribution in [1.82, 2.24) is 4.90 Å². The largest absolute Gasteiger partial charge is 0.482 e. The summed E-state index contributed by atoms with van der Waals surface area (Å²) in [6.45, 7) is 3.95. The first-order chi connectivity index (χ1) is 10.4. The third kappa shape index (κ3) is 3.68. The SMILES string of the molecule is C[C@@H]1CCC[C@@H](C)N1C(=O)COc1ccc([N+](=O)[O-])cc1Cl. The van der Waals surface area contributed by atoms with E-state index in [1.54, 1.807) is 0 Å². The molecule has 2 rings (SSSR count). The van der Waals surface area contributed by atoms with Gasteiger partial charge in [0.2, 0.25) is 0 Å². The molecule has 1 saturated heterocycles. The van der Waals surface area contributed by atoms with E-state index in [0.717, 1.165) is 19.3 Å². The highest BCUT2D eigenvalue weighted by Gasteiger charge is 2.29. The fraction of sp³-hybridized carbons (Fsp3) is 0.533. The Morgan fingerprint density at radius 3 is 2.59 bits per heavy atom. The molecule has 0 aromatic heterocycles. The average Bonchev–Trinajstić information content (AvgIpc) is 2.45. The van der Waals surface area contributed by atoms with E-state index in [4.69, 9.17) is 16.3 Å². The molecule has 0 unspecified atom stereocenters. The van der Waals surface area contributed by atoms with Crippen LogP contribution in [0.5, 0.6) is 5.75 Å². The number of amides is 1. The fourth-order valence-electron chi connectivity index (χ4n) is 2.85. The number of benzene rings is 1. The number of rotatable bonds is 4. The second-order valence-corrected chi connectivity index (χ2v) is 6.00. The monoisotopic (exact) mass is 326 g/mol. The first kappa shape index (κ1) is 16.5. The highest BCUT2D eigenvalue weighted by molar-refractivity contribution is 6.32. The van der Waals surface area contributed by atoms with Crippen molar-refractivity contribution in [3.8, 4) is 5.75 Å². The van der Waals surface area contributed by atoms with Crippen molar-refractivity contribution in [1.29, 1.82) is 0 Å². The Kier molecular flexibility index (Phi) is 5.24. The lowest BCUT2D eigenvalue weighted by Crippen LogP contribution is -2.49. The molecule has 2 atom stereocenters. The molecule has 1 amide bonds. The number of carbonyl (C=O) groups is 1. The van der Waals surface area contributed by atoms with Crippen LogP contribution in [0.1, 0.15) is 33.1 Å². The van der Waals surface area contributed by atoms with Gasteiger partial charge < -0.3 is 9.64 Å². The van der Waals surface area contributed by atoms with E-state index in [1.165, 1.54) is 18.2 Å². The maximum absolute atomic E-state index is 12.3. The number of halogens is 1. The molecule has 0 aliphatic carbocycles. The number of piperidine rings is 1. The Morgan fingerprint density at radius 2 is 2.05 bits per heavy atom. The van der Waals surface area contributed by atoms with Crippen molar-refractivity contribution in [3.05, 3.63) is 33.3 Å². The van der Waals surface area contributed by atoms with Crippen LogP contribution in [0.25, 0.3) is 0 Å². The summed E-state index contributed by atoms with van der Waals surface area (Å²) in [5, 5.41) is 10.8. The van der Waals surface area contributed by atoms with Gasteiger partial charge in [0.05, 0.1) is 9.95 Å². The summed E-state index contributed by atoms with van der Waals surface area (Å²) in [7, 11) is 0. The summed E-state index contributed by atoms with van der Waals surface area (Å²) in [5.41, 5.74) is -0.109. The van der Waals surface area contributed by atoms with E-state index in [-0.39, 0.29) is 41.1 Å². The maximum Gasteiger partial charge on any atom is 0.271 e. The topological polar surface area (TPSA) is 72.7 Å². The third-order valence-corrected chi connectivity index (χ3v) is 4.25. The van der Waals surface area contributed by atoms with E-state index in [1.807, 2.05) is 18.7 Å². The summed E-state index contributed by atoms with van der Waals surface area (Å²) >= 11 is 5.95. The molecule has 22 heavy (non-hydrogen) atoms. The number of nitro benzene ring substituents is 1. The van der Waals surface area contributed by atoms with Gasteiger partial charge in [-0.15, -0.1) is 0 Å². The zero-order valence-electron chi connectivity index (χ0n) is 12.6. The summed E-state index contributed by atoms with van der Waals surface area (Å²) in [5.74, 6) is 0.187. The van der Waals surface area contributed by atoms with Crippen molar-refractivity contribution in [3.63, 3.8) is 0 Å². The van der Waals surface area contributed by atoms with Crippen molar-refractivity contribution in [2.24, 2.45) is 0 Å². The van der Waals surface area contributed by atoms with Crippen LogP contribution < -0.4 is 4.74 Å². The average molecular weight is 327 g/mol. The number of nitrogens with zero attached hydrogens (tertiary/aromatic N) is 2. The van der Waals surface area contributed by atoms with E-state index in [0.29, 0.717) is 0 Å². The molecule has 1 aliphatic heterocycles. The number of non-ortho nitro benzene ring substituents is 1. The van der Waals surface area contributed by atoms with Crippen LogP contribution in [0.4, 0.5) is 5.69 Å². The zero-order chi connectivity index (χ0) is 16.3. The molecule has 1 aromatic rings. The van der Waals surface area contributed by atoms with Crippen LogP contribution in [0.15, 0.2) is 18.2 Å². The Morgan fingerprint density at radius 1 is 1.41 bits per heavy atom. The van der Waals surface area contributed by atoms with Gasteiger partial charge in [0.25, 0.3) is 11.6 Å². The third-order valence-electron chi connectivity index (χ3n) is 3.96. The summed E-state index contributed by atoms with van der Waals surface area (Å²) in [6, 6.07) is 4.33. The quantitative estimate of drug-likeness (QED) is 0.627. The minimum absolute atomic E-state index is 0.0888. The fourth-order valence-corrected chi connectivity index (χ4v) is 3.08. The zero-order valence-corrected chi connectivity index (χ0v) is 13.4. The van der Waals surface area contributed by atoms with Crippen LogP contribution in [-0.4, -0.2) is 34.4 Å². The van der Waals surface area contributed by atoms with E-state index in [2.05, 4.69) is 0 Å². The Hall–Kier alpha value is -1.82. The lowest BCUT2D eigenvalue weighted by molar-refractivity contribution is -0.384. The normalized spacial score (nSPS) is 21.5. The van der Waals surface area contributed by atoms with Crippen LogP contribution in [-0.2, 0) is 4.79 Å². The molecule has 0 saturated carbocycles. The highest BCUT2D eigenvalue weighted by Crippen LogP contribution is 2.29. The first-order valence-electron chi connectivity index (χ1n) is 7.28. The standard InChI is InChI=1S/C15H19ClN2O4/c1-10-4-3-5-11(2)17(10)15(19)9-22-14-7-6-12(18(20)21)8-13(14)16/h6-8,10-11H,3-5,9H2,1-2H3/t10-,11-/m1/s1. The molecular weight excluding hydrogens is 308 g/mol.